The topological polar surface area (TPSA) is 58.2 Å². The van der Waals surface area contributed by atoms with Gasteiger partial charge in [-0.25, -0.2) is 4.39 Å². The minimum Gasteiger partial charge on any atom is -0.353 e. The first-order valence-corrected chi connectivity index (χ1v) is 8.87. The molecule has 4 nitrogen and oxygen atoms in total. The van der Waals surface area contributed by atoms with Crippen LogP contribution in [-0.4, -0.2) is 17.9 Å². The molecule has 2 rings (SSSR count). The summed E-state index contributed by atoms with van der Waals surface area (Å²) in [7, 11) is 0. The van der Waals surface area contributed by atoms with Crippen molar-refractivity contribution in [1.29, 1.82) is 0 Å². The summed E-state index contributed by atoms with van der Waals surface area (Å²) in [6.07, 6.45) is 5.60. The summed E-state index contributed by atoms with van der Waals surface area (Å²) in [6.45, 7) is 5.90. The van der Waals surface area contributed by atoms with Crippen LogP contribution in [0.4, 0.5) is 4.39 Å². The number of rotatable bonds is 2. The van der Waals surface area contributed by atoms with E-state index in [1.54, 1.807) is 19.1 Å². The van der Waals surface area contributed by atoms with E-state index in [4.69, 9.17) is 0 Å². The fourth-order valence-corrected chi connectivity index (χ4v) is 2.90. The summed E-state index contributed by atoms with van der Waals surface area (Å²) < 4.78 is 13.2. The van der Waals surface area contributed by atoms with Crippen LogP contribution in [0.15, 0.2) is 36.4 Å². The number of hydrogen-bond donors (Lipinski definition) is 2. The lowest BCUT2D eigenvalue weighted by atomic mass is 9.96. The van der Waals surface area contributed by atoms with E-state index in [2.05, 4.69) is 24.5 Å². The molecule has 0 aromatic heterocycles. The van der Waals surface area contributed by atoms with E-state index in [0.717, 1.165) is 12.0 Å². The van der Waals surface area contributed by atoms with Gasteiger partial charge in [-0.1, -0.05) is 45.1 Å². The first-order valence-electron chi connectivity index (χ1n) is 8.87. The van der Waals surface area contributed by atoms with Gasteiger partial charge in [0.2, 0.25) is 11.8 Å². The van der Waals surface area contributed by atoms with Crippen molar-refractivity contribution in [3.63, 3.8) is 0 Å². The highest BCUT2D eigenvalue weighted by molar-refractivity contribution is 5.85. The molecule has 3 atom stereocenters. The van der Waals surface area contributed by atoms with Crippen molar-refractivity contribution in [2.75, 3.05) is 0 Å². The first kappa shape index (κ1) is 19.2. The zero-order valence-corrected chi connectivity index (χ0v) is 15.1. The molecular weight excluding hydrogens is 319 g/mol. The van der Waals surface area contributed by atoms with E-state index < -0.39 is 5.92 Å². The molecule has 1 heterocycles. The number of benzene rings is 1. The molecule has 5 heteroatoms. The van der Waals surface area contributed by atoms with Gasteiger partial charge in [0.25, 0.3) is 0 Å². The largest absolute Gasteiger partial charge is 0.353 e. The molecule has 1 aliphatic rings. The Hall–Kier alpha value is -2.17. The Balaban J connectivity index is 2.22. The zero-order valence-electron chi connectivity index (χ0n) is 15.1. The molecule has 0 aliphatic carbocycles. The predicted octanol–water partition coefficient (Wildman–Crippen LogP) is 3.50. The van der Waals surface area contributed by atoms with Crippen molar-refractivity contribution in [1.82, 2.24) is 10.6 Å². The monoisotopic (exact) mass is 346 g/mol. The molecule has 0 spiro atoms. The van der Waals surface area contributed by atoms with Crippen LogP contribution in [0, 0.1) is 17.7 Å². The Morgan fingerprint density at radius 2 is 1.68 bits per heavy atom. The van der Waals surface area contributed by atoms with Gasteiger partial charge in [-0.15, -0.1) is 0 Å². The van der Waals surface area contributed by atoms with Crippen LogP contribution < -0.4 is 10.6 Å². The van der Waals surface area contributed by atoms with Crippen LogP contribution in [-0.2, 0) is 9.59 Å². The average molecular weight is 346 g/mol. The van der Waals surface area contributed by atoms with Crippen molar-refractivity contribution < 1.29 is 14.0 Å². The average Bonchev–Trinajstić information content (AvgIpc) is 2.55. The Bertz CT molecular complexity index is 625. The van der Waals surface area contributed by atoms with Gasteiger partial charge in [-0.2, -0.15) is 0 Å². The molecule has 0 unspecified atom stereocenters. The van der Waals surface area contributed by atoms with Crippen LogP contribution in [0.5, 0.6) is 0 Å². The number of halogens is 1. The summed E-state index contributed by atoms with van der Waals surface area (Å²) in [5.74, 6) is -0.676. The quantitative estimate of drug-likeness (QED) is 0.805. The number of amides is 2. The van der Waals surface area contributed by atoms with Crippen LogP contribution in [0.2, 0.25) is 0 Å². The Morgan fingerprint density at radius 1 is 1.04 bits per heavy atom. The second-order valence-electron chi connectivity index (χ2n) is 7.08. The molecule has 1 aromatic carbocycles. The molecule has 2 N–H and O–H groups in total. The van der Waals surface area contributed by atoms with Gasteiger partial charge in [0, 0.05) is 18.4 Å². The molecule has 2 amide bonds. The van der Waals surface area contributed by atoms with E-state index in [-0.39, 0.29) is 36.1 Å². The first-order chi connectivity index (χ1) is 11.9. The van der Waals surface area contributed by atoms with Gasteiger partial charge >= 0.3 is 0 Å². The van der Waals surface area contributed by atoms with E-state index in [9.17, 15) is 14.0 Å². The lowest BCUT2D eigenvalue weighted by molar-refractivity contribution is -0.130. The minimum atomic E-state index is -0.417. The molecule has 136 valence electrons. The molecule has 0 fully saturated rings. The van der Waals surface area contributed by atoms with Crippen LogP contribution >= 0.6 is 0 Å². The Labute approximate surface area is 148 Å². The maximum Gasteiger partial charge on any atom is 0.223 e. The number of nitrogens with one attached hydrogen (secondary N) is 2. The summed E-state index contributed by atoms with van der Waals surface area (Å²) in [4.78, 5) is 24.7. The van der Waals surface area contributed by atoms with Crippen molar-refractivity contribution >= 4 is 11.8 Å². The number of carbonyl (C=O) groups is 2. The maximum absolute atomic E-state index is 13.2. The standard InChI is InChI=1S/C20H27FN2O2/c1-13(2)17-6-4-5-7-18(15-8-10-16(21)11-9-15)23-20(25)14(3)12-19(24)22-17/h4-5,8-11,13-14,17-18H,6-7,12H2,1-3H3,(H,22,24)(H,23,25)/b5-4-/t14-,17+,18-/m1/s1. The molecular formula is C20H27FN2O2. The lowest BCUT2D eigenvalue weighted by Crippen LogP contribution is -2.41. The Kier molecular flexibility index (Phi) is 6.73. The van der Waals surface area contributed by atoms with Gasteiger partial charge in [0.05, 0.1) is 6.04 Å². The number of carbonyl (C=O) groups excluding carboxylic acids is 2. The van der Waals surface area contributed by atoms with E-state index in [0.29, 0.717) is 12.3 Å². The Morgan fingerprint density at radius 3 is 2.32 bits per heavy atom. The van der Waals surface area contributed by atoms with E-state index in [1.807, 2.05) is 12.2 Å². The molecule has 1 aromatic rings. The highest BCUT2D eigenvalue weighted by Gasteiger charge is 2.23. The van der Waals surface area contributed by atoms with Crippen LogP contribution in [0.3, 0.4) is 0 Å². The zero-order chi connectivity index (χ0) is 18.4. The lowest BCUT2D eigenvalue weighted by Gasteiger charge is -2.24. The highest BCUT2D eigenvalue weighted by atomic mass is 19.1. The van der Waals surface area contributed by atoms with Crippen molar-refractivity contribution in [2.45, 2.75) is 52.1 Å². The molecule has 1 aliphatic heterocycles. The number of hydrogen-bond acceptors (Lipinski definition) is 2. The second kappa shape index (κ2) is 8.79. The fraction of sp³-hybridized carbons (Fsp3) is 0.500. The van der Waals surface area contributed by atoms with E-state index in [1.165, 1.54) is 12.1 Å². The van der Waals surface area contributed by atoms with E-state index >= 15 is 0 Å². The van der Waals surface area contributed by atoms with Gasteiger partial charge < -0.3 is 10.6 Å². The van der Waals surface area contributed by atoms with Gasteiger partial charge in [0.1, 0.15) is 5.82 Å². The summed E-state index contributed by atoms with van der Waals surface area (Å²) >= 11 is 0. The summed E-state index contributed by atoms with van der Waals surface area (Å²) in [5, 5.41) is 6.00. The van der Waals surface area contributed by atoms with Gasteiger partial charge in [-0.3, -0.25) is 9.59 Å². The third kappa shape index (κ3) is 5.69. The van der Waals surface area contributed by atoms with Gasteiger partial charge in [0.15, 0.2) is 0 Å². The molecule has 0 bridgehead atoms. The molecule has 0 saturated carbocycles. The molecule has 25 heavy (non-hydrogen) atoms. The minimum absolute atomic E-state index is 0.0581. The molecule has 0 saturated heterocycles. The van der Waals surface area contributed by atoms with Crippen LogP contribution in [0.1, 0.15) is 51.6 Å². The fourth-order valence-electron chi connectivity index (χ4n) is 2.90. The van der Waals surface area contributed by atoms with Crippen molar-refractivity contribution in [2.24, 2.45) is 11.8 Å². The normalized spacial score (nSPS) is 27.0. The van der Waals surface area contributed by atoms with Crippen molar-refractivity contribution in [3.8, 4) is 0 Å². The summed E-state index contributed by atoms with van der Waals surface area (Å²) in [6, 6.07) is 6.00. The molecule has 0 radical (unpaired) electrons. The SMILES string of the molecule is CC(C)[C@@H]1C/C=C\C[C@H](c2ccc(F)cc2)NC(=O)[C@H](C)CC(=O)N1. The third-order valence-electron chi connectivity index (χ3n) is 4.61. The van der Waals surface area contributed by atoms with Gasteiger partial charge in [-0.05, 0) is 36.5 Å². The maximum atomic E-state index is 13.2. The van der Waals surface area contributed by atoms with Crippen LogP contribution in [0.25, 0.3) is 0 Å². The highest BCUT2D eigenvalue weighted by Crippen LogP contribution is 2.20. The third-order valence-corrected chi connectivity index (χ3v) is 4.61. The second-order valence-corrected chi connectivity index (χ2v) is 7.08. The summed E-state index contributed by atoms with van der Waals surface area (Å²) in [5.41, 5.74) is 0.855. The smallest absolute Gasteiger partial charge is 0.223 e. The van der Waals surface area contributed by atoms with Crippen molar-refractivity contribution in [3.05, 3.63) is 47.8 Å². The predicted molar refractivity (Wildman–Crippen MR) is 96.2 cm³/mol.